The molecule has 9 rings (SSSR count). The summed E-state index contributed by atoms with van der Waals surface area (Å²) in [7, 11) is 0. The quantitative estimate of drug-likeness (QED) is 0.180. The van der Waals surface area contributed by atoms with Crippen molar-refractivity contribution >= 4 is 56.6 Å². The van der Waals surface area contributed by atoms with Crippen molar-refractivity contribution < 1.29 is 0 Å². The molecule has 0 atom stereocenters. The first kappa shape index (κ1) is 26.0. The zero-order chi connectivity index (χ0) is 29.7. The van der Waals surface area contributed by atoms with Crippen molar-refractivity contribution in [2.45, 2.75) is 0 Å². The van der Waals surface area contributed by atoms with Gasteiger partial charge in [0.25, 0.3) is 0 Å². The molecule has 2 heterocycles. The monoisotopic (exact) mass is 640 g/mol. The Morgan fingerprint density at radius 3 is 1.44 bits per heavy atom. The van der Waals surface area contributed by atoms with Crippen LogP contribution in [0.4, 0.5) is 0 Å². The summed E-state index contributed by atoms with van der Waals surface area (Å²) in [5, 5.41) is 7.09. The van der Waals surface area contributed by atoms with E-state index in [1.807, 2.05) is 6.07 Å². The van der Waals surface area contributed by atoms with Gasteiger partial charge in [-0.2, -0.15) is 0 Å². The Labute approximate surface area is 265 Å². The first-order chi connectivity index (χ1) is 22.2. The molecule has 0 amide bonds. The normalized spacial score (nSPS) is 11.6. The molecule has 0 radical (unpaired) electrons. The van der Waals surface area contributed by atoms with Crippen LogP contribution in [-0.2, 0) is 0 Å². The van der Waals surface area contributed by atoms with Crippen molar-refractivity contribution in [3.63, 3.8) is 0 Å². The third kappa shape index (κ3) is 4.70. The Hall–Kier alpha value is -5.48. The summed E-state index contributed by atoms with van der Waals surface area (Å²) in [5.74, 6) is 1.97. The Morgan fingerprint density at radius 1 is 0.356 bits per heavy atom. The number of hydrogen-bond donors (Lipinski definition) is 0. The maximum atomic E-state index is 5.09. The van der Waals surface area contributed by atoms with E-state index in [1.165, 1.54) is 31.4 Å². The van der Waals surface area contributed by atoms with Gasteiger partial charge >= 0.3 is 254 Å². The first-order valence-electron chi connectivity index (χ1n) is 14.9. The van der Waals surface area contributed by atoms with Crippen LogP contribution < -0.4 is 0 Å². The second-order valence-electron chi connectivity index (χ2n) is 11.2. The molecule has 0 bridgehead atoms. The summed E-state index contributed by atoms with van der Waals surface area (Å²) in [6.45, 7) is 0. The van der Waals surface area contributed by atoms with Gasteiger partial charge in [0.1, 0.15) is 0 Å². The molecule has 0 aliphatic heterocycles. The van der Waals surface area contributed by atoms with Gasteiger partial charge < -0.3 is 0 Å². The molecule has 0 N–H and O–H groups in total. The second kappa shape index (κ2) is 10.6. The summed E-state index contributed by atoms with van der Waals surface area (Å²) in [6, 6.07) is 50.9. The van der Waals surface area contributed by atoms with Gasteiger partial charge in [0.2, 0.25) is 0 Å². The molecule has 0 saturated heterocycles. The molecule has 0 spiro atoms. The van der Waals surface area contributed by atoms with Crippen molar-refractivity contribution in [1.82, 2.24) is 19.9 Å². The van der Waals surface area contributed by atoms with Crippen LogP contribution in [-0.4, -0.2) is 34.4 Å². The van der Waals surface area contributed by atoms with Crippen LogP contribution in [0.5, 0.6) is 0 Å². The summed E-state index contributed by atoms with van der Waals surface area (Å²) in [4.78, 5) is 20.2. The molecule has 0 fully saturated rings. The van der Waals surface area contributed by atoms with Crippen LogP contribution in [0.1, 0.15) is 0 Å². The third-order valence-electron chi connectivity index (χ3n) is 8.30. The number of fused-ring (bicyclic) bond motifs is 5. The summed E-state index contributed by atoms with van der Waals surface area (Å²) < 4.78 is 2.47. The van der Waals surface area contributed by atoms with Crippen molar-refractivity contribution in [1.29, 1.82) is 0 Å². The Kier molecular flexibility index (Phi) is 6.12. The van der Waals surface area contributed by atoms with Gasteiger partial charge in [0, 0.05) is 0 Å². The number of aromatic nitrogens is 4. The predicted octanol–water partition coefficient (Wildman–Crippen LogP) is 9.60. The Balaban J connectivity index is 1.24. The van der Waals surface area contributed by atoms with Gasteiger partial charge in [-0.3, -0.25) is 0 Å². The van der Waals surface area contributed by atoms with Gasteiger partial charge in [-0.25, -0.2) is 0 Å². The standard InChI is InChI=1S/C40H24N4Se/c1-2-10-28(11-3-1)40-41-35-21-20-27-16-19-33(24-34(27)36(35)45-40)39-43-37(31-17-14-25-8-4-6-12-29(25)22-31)42-38(44-39)32-18-15-26-9-5-7-13-30(26)23-32/h1-24H. The molecule has 7 aromatic carbocycles. The average molecular weight is 640 g/mol. The Bertz CT molecular complexity index is 2460. The van der Waals surface area contributed by atoms with Crippen molar-refractivity contribution in [3.05, 3.63) is 146 Å². The van der Waals surface area contributed by atoms with E-state index in [9.17, 15) is 0 Å². The first-order valence-corrected chi connectivity index (χ1v) is 16.6. The summed E-state index contributed by atoms with van der Waals surface area (Å²) in [5.41, 5.74) is 5.14. The van der Waals surface area contributed by atoms with E-state index < -0.39 is 0 Å². The van der Waals surface area contributed by atoms with Gasteiger partial charge in [-0.1, -0.05) is 12.1 Å². The van der Waals surface area contributed by atoms with E-state index in [1.54, 1.807) is 0 Å². The van der Waals surface area contributed by atoms with Gasteiger partial charge in [0.05, 0.1) is 0 Å². The van der Waals surface area contributed by atoms with Gasteiger partial charge in [0.15, 0.2) is 0 Å². The molecule has 0 aliphatic carbocycles. The molecule has 0 unspecified atom stereocenters. The molecule has 4 nitrogen and oxygen atoms in total. The Morgan fingerprint density at radius 2 is 0.844 bits per heavy atom. The van der Waals surface area contributed by atoms with Gasteiger partial charge in [-0.05, 0) is 0 Å². The fourth-order valence-electron chi connectivity index (χ4n) is 5.97. The summed E-state index contributed by atoms with van der Waals surface area (Å²) in [6.07, 6.45) is 0. The van der Waals surface area contributed by atoms with Crippen molar-refractivity contribution in [2.24, 2.45) is 0 Å². The van der Waals surface area contributed by atoms with E-state index >= 15 is 0 Å². The van der Waals surface area contributed by atoms with E-state index in [-0.39, 0.29) is 14.5 Å². The topological polar surface area (TPSA) is 51.6 Å². The molecule has 9 aromatic rings. The van der Waals surface area contributed by atoms with Crippen LogP contribution in [0, 0.1) is 0 Å². The molecule has 210 valence electrons. The van der Waals surface area contributed by atoms with Crippen molar-refractivity contribution in [3.8, 4) is 44.3 Å². The molecule has 5 heteroatoms. The number of hydrogen-bond acceptors (Lipinski definition) is 4. The number of rotatable bonds is 4. The predicted molar refractivity (Wildman–Crippen MR) is 186 cm³/mol. The van der Waals surface area contributed by atoms with Crippen LogP contribution >= 0.6 is 0 Å². The third-order valence-corrected chi connectivity index (χ3v) is 10.7. The number of nitrogens with zero attached hydrogens (tertiary/aromatic N) is 4. The van der Waals surface area contributed by atoms with Crippen LogP contribution in [0.3, 0.4) is 0 Å². The minimum absolute atomic E-state index is 0.0976. The molecule has 0 saturated carbocycles. The summed E-state index contributed by atoms with van der Waals surface area (Å²) >= 11 is 0.0976. The molecular weight excluding hydrogens is 615 g/mol. The fourth-order valence-corrected chi connectivity index (χ4v) is 8.27. The molecule has 45 heavy (non-hydrogen) atoms. The van der Waals surface area contributed by atoms with Crippen LogP contribution in [0.15, 0.2) is 146 Å². The van der Waals surface area contributed by atoms with E-state index in [2.05, 4.69) is 140 Å². The fraction of sp³-hybridized carbons (Fsp3) is 0. The van der Waals surface area contributed by atoms with Crippen molar-refractivity contribution in [2.75, 3.05) is 0 Å². The molecule has 2 aromatic heterocycles. The van der Waals surface area contributed by atoms with E-state index in [0.29, 0.717) is 17.5 Å². The average Bonchev–Trinajstić information content (AvgIpc) is 3.56. The minimum atomic E-state index is 0.0976. The van der Waals surface area contributed by atoms with Crippen LogP contribution in [0.25, 0.3) is 86.4 Å². The van der Waals surface area contributed by atoms with E-state index in [0.717, 1.165) is 37.5 Å². The SMILES string of the molecule is c1ccc(-c2nc3ccc4ccc(-c5nc(-c6ccc7ccccc7c6)nc(-c6ccc7ccccc7c6)n5)cc4c3[se]2)cc1. The molecular formula is C40H24N4Se. The molecule has 0 aliphatic rings. The van der Waals surface area contributed by atoms with E-state index in [4.69, 9.17) is 19.9 Å². The van der Waals surface area contributed by atoms with Gasteiger partial charge in [-0.15, -0.1) is 0 Å². The zero-order valence-electron chi connectivity index (χ0n) is 24.1. The maximum absolute atomic E-state index is 5.09. The zero-order valence-corrected chi connectivity index (χ0v) is 25.8. The van der Waals surface area contributed by atoms with Crippen LogP contribution in [0.2, 0.25) is 0 Å². The second-order valence-corrected chi connectivity index (χ2v) is 13.3. The number of benzene rings is 7.